The molecule has 4 aliphatic rings. The highest BCUT2D eigenvalue weighted by molar-refractivity contribution is 7.17. The molecule has 4 aliphatic heterocycles. The van der Waals surface area contributed by atoms with Gasteiger partial charge in [0.2, 0.25) is 11.8 Å². The summed E-state index contributed by atoms with van der Waals surface area (Å²) in [5, 5.41) is 26.0. The highest BCUT2D eigenvalue weighted by Gasteiger charge is 2.31. The monoisotopic (exact) mass is 848 g/mol. The number of carbonyl (C=O) groups excluding carboxylic acids is 4. The van der Waals surface area contributed by atoms with Gasteiger partial charge in [0.1, 0.15) is 18.1 Å². The highest BCUT2D eigenvalue weighted by atomic mass is 32.1. The highest BCUT2D eigenvalue weighted by Crippen LogP contribution is 2.37. The van der Waals surface area contributed by atoms with E-state index in [1.807, 2.05) is 17.5 Å². The molecule has 0 spiro atoms. The number of aliphatic hydroxyl groups is 1. The summed E-state index contributed by atoms with van der Waals surface area (Å²) in [6, 6.07) is 9.28. The minimum Gasteiger partial charge on any atom is -0.496 e. The smallest absolute Gasteiger partial charge is 0.258 e. The van der Waals surface area contributed by atoms with E-state index in [4.69, 9.17) is 9.84 Å². The van der Waals surface area contributed by atoms with Gasteiger partial charge in [-0.05, 0) is 81.0 Å². The zero-order valence-corrected chi connectivity index (χ0v) is 35.2. The van der Waals surface area contributed by atoms with Gasteiger partial charge in [0, 0.05) is 93.8 Å². The van der Waals surface area contributed by atoms with Crippen molar-refractivity contribution < 1.29 is 29.0 Å². The van der Waals surface area contributed by atoms with E-state index in [9.17, 15) is 24.3 Å². The Bertz CT molecular complexity index is 2430. The topological polar surface area (TPSA) is 187 Å². The first-order valence-corrected chi connectivity index (χ1v) is 22.3. The lowest BCUT2D eigenvalue weighted by atomic mass is 9.94. The van der Waals surface area contributed by atoms with Crippen LogP contribution < -0.4 is 30.5 Å². The molecule has 0 bridgehead atoms. The summed E-state index contributed by atoms with van der Waals surface area (Å²) in [7, 11) is 1.54. The van der Waals surface area contributed by atoms with E-state index in [2.05, 4.69) is 63.6 Å². The predicted octanol–water partition coefficient (Wildman–Crippen LogP) is 4.60. The quantitative estimate of drug-likeness (QED) is 0.136. The Balaban J connectivity index is 0.806. The van der Waals surface area contributed by atoms with Gasteiger partial charge in [0.05, 0.1) is 51.4 Å². The molecule has 4 amide bonds. The van der Waals surface area contributed by atoms with Crippen molar-refractivity contribution in [3.63, 3.8) is 0 Å². The predicted molar refractivity (Wildman–Crippen MR) is 233 cm³/mol. The number of hydrogen-bond donors (Lipinski definition) is 4. The van der Waals surface area contributed by atoms with Crippen LogP contribution >= 0.6 is 11.3 Å². The van der Waals surface area contributed by atoms with Gasteiger partial charge in [-0.25, -0.2) is 9.97 Å². The van der Waals surface area contributed by atoms with Crippen LogP contribution in [-0.2, 0) is 9.59 Å². The summed E-state index contributed by atoms with van der Waals surface area (Å²) < 4.78 is 8.61. The average molecular weight is 849 g/mol. The number of imide groups is 1. The first-order chi connectivity index (χ1) is 29.7. The second-order valence-corrected chi connectivity index (χ2v) is 17.7. The second kappa shape index (κ2) is 17.8. The van der Waals surface area contributed by atoms with Crippen LogP contribution in [0, 0.1) is 11.8 Å². The van der Waals surface area contributed by atoms with Crippen molar-refractivity contribution in [2.24, 2.45) is 11.8 Å². The van der Waals surface area contributed by atoms with Gasteiger partial charge in [-0.3, -0.25) is 29.2 Å². The largest absolute Gasteiger partial charge is 0.496 e. The van der Waals surface area contributed by atoms with E-state index >= 15 is 0 Å². The number of carbonyl (C=O) groups is 4. The summed E-state index contributed by atoms with van der Waals surface area (Å²) in [4.78, 5) is 66.2. The number of thiophene rings is 1. The molecular weight excluding hydrogens is 797 g/mol. The maximum atomic E-state index is 13.7. The third kappa shape index (κ3) is 8.77. The van der Waals surface area contributed by atoms with Gasteiger partial charge in [0.25, 0.3) is 11.8 Å². The van der Waals surface area contributed by atoms with Gasteiger partial charge >= 0.3 is 0 Å². The van der Waals surface area contributed by atoms with E-state index in [0.717, 1.165) is 117 Å². The van der Waals surface area contributed by atoms with Crippen LogP contribution in [0.1, 0.15) is 78.1 Å². The zero-order chi connectivity index (χ0) is 42.0. The number of fused-ring (bicyclic) bond motifs is 2. The summed E-state index contributed by atoms with van der Waals surface area (Å²) >= 11 is 1.46. The van der Waals surface area contributed by atoms with Crippen LogP contribution in [0.15, 0.2) is 54.4 Å². The Morgan fingerprint density at radius 2 is 1.69 bits per heavy atom. The Labute approximate surface area is 357 Å². The fraction of sp³-hybridized carbons (Fsp3) is 0.477. The number of anilines is 3. The Hall–Kier alpha value is -5.65. The van der Waals surface area contributed by atoms with Crippen LogP contribution in [0.3, 0.4) is 0 Å². The molecule has 17 heteroatoms. The maximum absolute atomic E-state index is 13.7. The fourth-order valence-electron chi connectivity index (χ4n) is 9.36. The third-order valence-corrected chi connectivity index (χ3v) is 13.9. The van der Waals surface area contributed by atoms with E-state index in [1.165, 1.54) is 24.8 Å². The molecule has 0 aliphatic carbocycles. The Kier molecular flexibility index (Phi) is 11.9. The first kappa shape index (κ1) is 40.7. The number of methoxy groups -OCH3 is 1. The van der Waals surface area contributed by atoms with Gasteiger partial charge in [-0.1, -0.05) is 0 Å². The lowest BCUT2D eigenvalue weighted by Crippen LogP contribution is -2.52. The van der Waals surface area contributed by atoms with E-state index < -0.39 is 17.9 Å². The number of aromatic nitrogens is 4. The molecule has 4 saturated heterocycles. The molecule has 320 valence electrons. The number of nitrogens with one attached hydrogen (secondary N) is 3. The number of benzene rings is 2. The number of hydrogen-bond acceptors (Lipinski definition) is 13. The number of rotatable bonds is 11. The van der Waals surface area contributed by atoms with Crippen molar-refractivity contribution in [3.05, 3.63) is 65.6 Å². The van der Waals surface area contributed by atoms with Crippen molar-refractivity contribution in [1.29, 1.82) is 0 Å². The molecule has 1 atom stereocenters. The minimum atomic E-state index is -0.753. The number of aliphatic hydroxyl groups excluding tert-OH is 1. The molecule has 0 radical (unpaired) electrons. The van der Waals surface area contributed by atoms with E-state index in [1.54, 1.807) is 12.3 Å². The van der Waals surface area contributed by atoms with Crippen LogP contribution in [-0.4, -0.2) is 119 Å². The Morgan fingerprint density at radius 1 is 0.918 bits per heavy atom. The molecule has 2 aromatic carbocycles. The van der Waals surface area contributed by atoms with Crippen LogP contribution in [0.25, 0.3) is 21.1 Å². The molecule has 3 aromatic heterocycles. The van der Waals surface area contributed by atoms with Crippen LogP contribution in [0.5, 0.6) is 5.75 Å². The van der Waals surface area contributed by atoms with Crippen LogP contribution in [0.4, 0.5) is 17.1 Å². The van der Waals surface area contributed by atoms with Crippen LogP contribution in [0.2, 0.25) is 0 Å². The van der Waals surface area contributed by atoms with E-state index in [-0.39, 0.29) is 37.3 Å². The number of amides is 4. The van der Waals surface area contributed by atoms with Gasteiger partial charge in [0.15, 0.2) is 0 Å². The standard InChI is InChI=1S/C44H52N10O6S/c1-60-38-19-31(2-3-32(38)42(57)47-34-4-5-40(56)49-44(34)59)52-14-6-27(7-15-52)22-51-12-10-30(11-13-51)54-23-29-18-36(48-43(58)33-25-61-39-21-45-26-46-41(33)39)37(20-35(29)50-54)53-16-8-28(24-55)9-17-53/h2-3,18-21,23,25-28,30,34,55H,4-17,22,24H2,1H3,(H,47,57)(H,48,58)(H,49,56,59)/t34-/m0/s1. The third-order valence-electron chi connectivity index (χ3n) is 13.0. The van der Waals surface area contributed by atoms with Crippen molar-refractivity contribution in [1.82, 2.24) is 35.3 Å². The van der Waals surface area contributed by atoms with Crippen molar-refractivity contribution in [2.45, 2.75) is 63.5 Å². The summed E-state index contributed by atoms with van der Waals surface area (Å²) in [5.74, 6) is -0.0899. The van der Waals surface area contributed by atoms with E-state index in [0.29, 0.717) is 34.2 Å². The number of ether oxygens (including phenoxy) is 1. The average Bonchev–Trinajstić information content (AvgIpc) is 3.92. The van der Waals surface area contributed by atoms with Crippen molar-refractivity contribution in [3.8, 4) is 5.75 Å². The Morgan fingerprint density at radius 3 is 2.44 bits per heavy atom. The molecule has 0 saturated carbocycles. The molecule has 4 fully saturated rings. The molecule has 0 unspecified atom stereocenters. The SMILES string of the molecule is COc1cc(N2CCC(CN3CCC(n4cc5cc(NC(=O)c6csc7cncnc67)c(N6CCC(CO)CC6)cc5n4)CC3)CC2)ccc1C(=O)N[C@H]1CCC(=O)NC1=O. The van der Waals surface area contributed by atoms with Crippen molar-refractivity contribution >= 4 is 73.1 Å². The fourth-order valence-corrected chi connectivity index (χ4v) is 10.2. The summed E-state index contributed by atoms with van der Waals surface area (Å²) in [5.41, 5.74) is 5.13. The molecular formula is C44H52N10O6S. The summed E-state index contributed by atoms with van der Waals surface area (Å²) in [6.07, 6.45) is 11.7. The zero-order valence-electron chi connectivity index (χ0n) is 34.3. The van der Waals surface area contributed by atoms with Gasteiger partial charge in [-0.2, -0.15) is 5.10 Å². The number of piperidine rings is 4. The molecule has 7 heterocycles. The first-order valence-electron chi connectivity index (χ1n) is 21.4. The minimum absolute atomic E-state index is 0.191. The molecule has 16 nitrogen and oxygen atoms in total. The molecule has 4 N–H and O–H groups in total. The molecule has 61 heavy (non-hydrogen) atoms. The number of nitrogens with zero attached hydrogens (tertiary/aromatic N) is 7. The lowest BCUT2D eigenvalue weighted by molar-refractivity contribution is -0.134. The maximum Gasteiger partial charge on any atom is 0.258 e. The molecule has 5 aromatic rings. The van der Waals surface area contributed by atoms with Gasteiger partial charge in [-0.15, -0.1) is 11.3 Å². The second-order valence-electron chi connectivity index (χ2n) is 16.8. The van der Waals surface area contributed by atoms with Crippen molar-refractivity contribution in [2.75, 3.05) is 74.6 Å². The lowest BCUT2D eigenvalue weighted by Gasteiger charge is -2.38. The molecule has 9 rings (SSSR count). The normalized spacial score (nSPS) is 20.0. The summed E-state index contributed by atoms with van der Waals surface area (Å²) in [6.45, 7) is 6.68. The van der Waals surface area contributed by atoms with Gasteiger partial charge < -0.3 is 35.2 Å². The number of likely N-dealkylation sites (tertiary alicyclic amines) is 1.